The fourth-order valence-corrected chi connectivity index (χ4v) is 1.28. The van der Waals surface area contributed by atoms with Crippen LogP contribution in [0.3, 0.4) is 0 Å². The summed E-state index contributed by atoms with van der Waals surface area (Å²) in [6, 6.07) is 1.37. The molecule has 0 aromatic carbocycles. The van der Waals surface area contributed by atoms with Crippen LogP contribution in [0.1, 0.15) is 5.69 Å². The van der Waals surface area contributed by atoms with E-state index in [9.17, 15) is 26.3 Å². The Labute approximate surface area is 99.4 Å². The van der Waals surface area contributed by atoms with Gasteiger partial charge in [0.25, 0.3) is 5.60 Å². The third-order valence-electron chi connectivity index (χ3n) is 1.92. The lowest BCUT2D eigenvalue weighted by Crippen LogP contribution is -2.54. The number of hydrogen-bond donors (Lipinski definition) is 1. The Morgan fingerprint density at radius 3 is 1.76 bits per heavy atom. The van der Waals surface area contributed by atoms with Crippen LogP contribution in [0.2, 0.25) is 0 Å². The van der Waals surface area contributed by atoms with E-state index in [2.05, 4.69) is 20.9 Å². The molecule has 1 N–H and O–H groups in total. The maximum Gasteiger partial charge on any atom is 0.432 e. The van der Waals surface area contributed by atoms with Gasteiger partial charge >= 0.3 is 12.4 Å². The fraction of sp³-hybridized carbons (Fsp3) is 0.375. The van der Waals surface area contributed by atoms with Crippen LogP contribution in [0.15, 0.2) is 22.8 Å². The van der Waals surface area contributed by atoms with Crippen LogP contribution in [-0.2, 0) is 5.60 Å². The molecule has 0 bridgehead atoms. The van der Waals surface area contributed by atoms with E-state index in [1.807, 2.05) is 0 Å². The molecule has 0 unspecified atom stereocenters. The SMILES string of the molecule is OC(c1ccc(Br)cn1)(C(F)(F)F)C(F)(F)F. The second-order valence-corrected chi connectivity index (χ2v) is 3.98. The molecule has 0 amide bonds. The van der Waals surface area contributed by atoms with E-state index in [4.69, 9.17) is 5.11 Å². The Morgan fingerprint density at radius 1 is 1.00 bits per heavy atom. The Kier molecular flexibility index (Phi) is 3.45. The predicted molar refractivity (Wildman–Crippen MR) is 47.9 cm³/mol. The number of halogens is 7. The van der Waals surface area contributed by atoms with E-state index in [-0.39, 0.29) is 4.47 Å². The molecular weight excluding hydrogens is 320 g/mol. The third kappa shape index (κ3) is 2.39. The molecule has 0 aliphatic heterocycles. The smallest absolute Gasteiger partial charge is 0.368 e. The molecule has 0 fully saturated rings. The number of alkyl halides is 6. The summed E-state index contributed by atoms with van der Waals surface area (Å²) in [7, 11) is 0. The minimum atomic E-state index is -5.91. The van der Waals surface area contributed by atoms with Gasteiger partial charge in [-0.15, -0.1) is 0 Å². The van der Waals surface area contributed by atoms with E-state index in [1.165, 1.54) is 0 Å². The molecule has 0 atom stereocenters. The summed E-state index contributed by atoms with van der Waals surface area (Å²) in [5, 5.41) is 8.92. The van der Waals surface area contributed by atoms with Gasteiger partial charge in [0.15, 0.2) is 0 Å². The van der Waals surface area contributed by atoms with Crippen molar-refractivity contribution in [3.63, 3.8) is 0 Å². The van der Waals surface area contributed by atoms with Crippen LogP contribution in [0, 0.1) is 0 Å². The number of aromatic nitrogens is 1. The largest absolute Gasteiger partial charge is 0.432 e. The Bertz CT molecular complexity index is 384. The van der Waals surface area contributed by atoms with Crippen molar-refractivity contribution >= 4 is 15.9 Å². The first-order valence-corrected chi connectivity index (χ1v) is 4.77. The molecule has 2 nitrogen and oxygen atoms in total. The summed E-state index contributed by atoms with van der Waals surface area (Å²) in [6.07, 6.45) is -11.1. The average molecular weight is 324 g/mol. The van der Waals surface area contributed by atoms with Gasteiger partial charge in [-0.25, -0.2) is 0 Å². The monoisotopic (exact) mass is 323 g/mol. The summed E-state index contributed by atoms with van der Waals surface area (Å²) in [5.41, 5.74) is -6.50. The summed E-state index contributed by atoms with van der Waals surface area (Å²) in [4.78, 5) is 2.95. The number of rotatable bonds is 1. The highest BCUT2D eigenvalue weighted by atomic mass is 79.9. The lowest BCUT2D eigenvalue weighted by atomic mass is 9.97. The van der Waals surface area contributed by atoms with Crippen LogP contribution in [0.25, 0.3) is 0 Å². The summed E-state index contributed by atoms with van der Waals surface area (Å²) < 4.78 is 74.4. The Balaban J connectivity index is 3.41. The second kappa shape index (κ2) is 4.13. The number of nitrogens with zero attached hydrogens (tertiary/aromatic N) is 1. The molecule has 0 saturated heterocycles. The van der Waals surface area contributed by atoms with Crippen LogP contribution in [-0.4, -0.2) is 22.4 Å². The molecule has 1 aromatic heterocycles. The lowest BCUT2D eigenvalue weighted by Gasteiger charge is -2.31. The maximum absolute atomic E-state index is 12.4. The van der Waals surface area contributed by atoms with E-state index in [1.54, 1.807) is 0 Å². The van der Waals surface area contributed by atoms with Gasteiger partial charge in [-0.05, 0) is 28.1 Å². The van der Waals surface area contributed by atoms with Crippen LogP contribution < -0.4 is 0 Å². The van der Waals surface area contributed by atoms with Crippen LogP contribution in [0.4, 0.5) is 26.3 Å². The molecule has 17 heavy (non-hydrogen) atoms. The van der Waals surface area contributed by atoms with Crippen molar-refractivity contribution in [3.05, 3.63) is 28.5 Å². The van der Waals surface area contributed by atoms with Crippen molar-refractivity contribution < 1.29 is 31.4 Å². The second-order valence-electron chi connectivity index (χ2n) is 3.07. The van der Waals surface area contributed by atoms with Crippen molar-refractivity contribution in [2.45, 2.75) is 18.0 Å². The summed E-state index contributed by atoms with van der Waals surface area (Å²) in [6.45, 7) is 0. The van der Waals surface area contributed by atoms with Gasteiger partial charge in [-0.3, -0.25) is 4.98 Å². The van der Waals surface area contributed by atoms with E-state index in [0.29, 0.717) is 6.07 Å². The molecule has 0 aliphatic rings. The molecule has 0 spiro atoms. The molecule has 0 saturated carbocycles. The quantitative estimate of drug-likeness (QED) is 0.805. The predicted octanol–water partition coefficient (Wildman–Crippen LogP) is 3.16. The molecule has 96 valence electrons. The average Bonchev–Trinajstić information content (AvgIpc) is 2.14. The topological polar surface area (TPSA) is 33.1 Å². The first-order valence-electron chi connectivity index (χ1n) is 3.98. The van der Waals surface area contributed by atoms with Crippen LogP contribution >= 0.6 is 15.9 Å². The highest BCUT2D eigenvalue weighted by Crippen LogP contribution is 2.49. The van der Waals surface area contributed by atoms with Gasteiger partial charge in [0.1, 0.15) is 0 Å². The van der Waals surface area contributed by atoms with Crippen molar-refractivity contribution in [2.24, 2.45) is 0 Å². The van der Waals surface area contributed by atoms with Crippen LogP contribution in [0.5, 0.6) is 0 Å². The zero-order valence-corrected chi connectivity index (χ0v) is 9.36. The van der Waals surface area contributed by atoms with E-state index in [0.717, 1.165) is 12.3 Å². The number of aliphatic hydroxyl groups is 1. The fourth-order valence-electron chi connectivity index (χ4n) is 1.04. The molecule has 0 radical (unpaired) electrons. The van der Waals surface area contributed by atoms with Gasteiger partial charge in [0.2, 0.25) is 0 Å². The minimum absolute atomic E-state index is 0.188. The third-order valence-corrected chi connectivity index (χ3v) is 2.39. The highest BCUT2D eigenvalue weighted by molar-refractivity contribution is 9.10. The normalized spacial score (nSPS) is 13.9. The standard InChI is InChI=1S/C8H4BrF6NO/c9-4-1-2-5(16-3-4)6(17,7(10,11)12)8(13,14)15/h1-3,17H. The zero-order valence-electron chi connectivity index (χ0n) is 7.77. The van der Waals surface area contributed by atoms with Gasteiger partial charge < -0.3 is 5.11 Å². The van der Waals surface area contributed by atoms with Crippen molar-refractivity contribution in [3.8, 4) is 0 Å². The molecule has 1 rings (SSSR count). The lowest BCUT2D eigenvalue weighted by molar-refractivity contribution is -0.377. The molecule has 1 aromatic rings. The minimum Gasteiger partial charge on any atom is -0.368 e. The van der Waals surface area contributed by atoms with E-state index >= 15 is 0 Å². The van der Waals surface area contributed by atoms with Crippen molar-refractivity contribution in [2.75, 3.05) is 0 Å². The van der Waals surface area contributed by atoms with Crippen molar-refractivity contribution in [1.82, 2.24) is 4.98 Å². The van der Waals surface area contributed by atoms with Gasteiger partial charge in [-0.1, -0.05) is 0 Å². The van der Waals surface area contributed by atoms with Gasteiger partial charge in [0.05, 0.1) is 5.69 Å². The Hall–Kier alpha value is -0.830. The summed E-state index contributed by atoms with van der Waals surface area (Å²) in [5.74, 6) is 0. The van der Waals surface area contributed by atoms with Gasteiger partial charge in [-0.2, -0.15) is 26.3 Å². The van der Waals surface area contributed by atoms with E-state index < -0.39 is 23.6 Å². The first kappa shape index (κ1) is 14.2. The maximum atomic E-state index is 12.4. The number of hydrogen-bond acceptors (Lipinski definition) is 2. The Morgan fingerprint density at radius 2 is 1.47 bits per heavy atom. The van der Waals surface area contributed by atoms with Gasteiger partial charge in [0, 0.05) is 10.7 Å². The molecule has 0 aliphatic carbocycles. The number of pyridine rings is 1. The highest BCUT2D eigenvalue weighted by Gasteiger charge is 2.72. The molecular formula is C8H4BrF6NO. The zero-order chi connectivity index (χ0) is 13.5. The molecule has 1 heterocycles. The summed E-state index contributed by atoms with van der Waals surface area (Å²) >= 11 is 2.81. The van der Waals surface area contributed by atoms with Crippen molar-refractivity contribution in [1.29, 1.82) is 0 Å². The molecule has 9 heteroatoms. The first-order chi connectivity index (χ1) is 7.50.